The molecule has 0 aromatic heterocycles. The van der Waals surface area contributed by atoms with Crippen LogP contribution in [0.25, 0.3) is 11.1 Å². The van der Waals surface area contributed by atoms with Crippen LogP contribution in [0.1, 0.15) is 29.9 Å². The first-order valence-corrected chi connectivity index (χ1v) is 12.4. The number of piperidine rings is 1. The number of ether oxygens (including phenoxy) is 1. The molecule has 1 fully saturated rings. The minimum absolute atomic E-state index is 0.0225. The molecule has 4 rings (SSSR count). The highest BCUT2D eigenvalue weighted by Gasteiger charge is 2.29. The maximum Gasteiger partial charge on any atom is 0.407 e. The van der Waals surface area contributed by atoms with Gasteiger partial charge in [-0.3, -0.25) is 9.59 Å². The van der Waals surface area contributed by atoms with Crippen LogP contribution in [0.15, 0.2) is 48.5 Å². The fraction of sp³-hybridized carbons (Fsp3) is 0.400. The Morgan fingerprint density at radius 2 is 1.73 bits per heavy atom. The van der Waals surface area contributed by atoms with Gasteiger partial charge in [-0.15, -0.1) is 0 Å². The van der Waals surface area contributed by atoms with E-state index in [-0.39, 0.29) is 30.7 Å². The molecule has 33 heavy (non-hydrogen) atoms. The van der Waals surface area contributed by atoms with E-state index in [4.69, 9.17) is 9.84 Å². The van der Waals surface area contributed by atoms with E-state index in [2.05, 4.69) is 29.6 Å². The van der Waals surface area contributed by atoms with Crippen LogP contribution in [-0.4, -0.2) is 65.7 Å². The van der Waals surface area contributed by atoms with Gasteiger partial charge in [-0.2, -0.15) is 11.8 Å². The number of carboxylic acid groups (broad SMARTS) is 1. The Morgan fingerprint density at radius 1 is 1.06 bits per heavy atom. The zero-order chi connectivity index (χ0) is 23.2. The first-order valence-electron chi connectivity index (χ1n) is 11.2. The van der Waals surface area contributed by atoms with Crippen LogP contribution in [0.2, 0.25) is 0 Å². The van der Waals surface area contributed by atoms with Crippen LogP contribution in [-0.2, 0) is 14.3 Å². The number of thioether (sulfide) groups is 1. The Morgan fingerprint density at radius 3 is 2.39 bits per heavy atom. The molecule has 0 radical (unpaired) electrons. The molecule has 7 nitrogen and oxygen atoms in total. The van der Waals surface area contributed by atoms with Crippen molar-refractivity contribution < 1.29 is 24.2 Å². The molecule has 1 unspecified atom stereocenters. The van der Waals surface area contributed by atoms with Crippen molar-refractivity contribution in [3.05, 3.63) is 59.7 Å². The summed E-state index contributed by atoms with van der Waals surface area (Å²) in [7, 11) is 0. The molecule has 1 atom stereocenters. The lowest BCUT2D eigenvalue weighted by Gasteiger charge is -2.30. The zero-order valence-corrected chi connectivity index (χ0v) is 19.2. The molecule has 0 saturated carbocycles. The number of aliphatic carboxylic acids is 1. The number of fused-ring (bicyclic) bond motifs is 3. The second-order valence-corrected chi connectivity index (χ2v) is 9.43. The van der Waals surface area contributed by atoms with Crippen molar-refractivity contribution in [2.45, 2.75) is 18.8 Å². The molecule has 2 aromatic carbocycles. The summed E-state index contributed by atoms with van der Waals surface area (Å²) in [6, 6.07) is 16.4. The Bertz CT molecular complexity index is 982. The van der Waals surface area contributed by atoms with E-state index in [1.165, 1.54) is 34.0 Å². The molecule has 0 bridgehead atoms. The van der Waals surface area contributed by atoms with Gasteiger partial charge in [-0.05, 0) is 35.1 Å². The molecule has 1 aliphatic carbocycles. The quantitative estimate of drug-likeness (QED) is 0.575. The summed E-state index contributed by atoms with van der Waals surface area (Å²) in [4.78, 5) is 37.3. The number of benzene rings is 2. The summed E-state index contributed by atoms with van der Waals surface area (Å²) in [5.74, 6) is -0.484. The third-order valence-electron chi connectivity index (χ3n) is 6.21. The van der Waals surface area contributed by atoms with Crippen molar-refractivity contribution in [1.82, 2.24) is 10.2 Å². The van der Waals surface area contributed by atoms with Gasteiger partial charge in [-0.25, -0.2) is 4.79 Å². The maximum atomic E-state index is 12.3. The smallest absolute Gasteiger partial charge is 0.407 e. The van der Waals surface area contributed by atoms with Crippen molar-refractivity contribution in [3.8, 4) is 11.1 Å². The summed E-state index contributed by atoms with van der Waals surface area (Å²) < 4.78 is 5.51. The number of amides is 2. The van der Waals surface area contributed by atoms with Gasteiger partial charge in [-0.1, -0.05) is 48.5 Å². The van der Waals surface area contributed by atoms with Gasteiger partial charge in [0, 0.05) is 31.3 Å². The van der Waals surface area contributed by atoms with Crippen LogP contribution in [0, 0.1) is 5.92 Å². The first kappa shape index (κ1) is 23.2. The molecule has 1 aliphatic heterocycles. The molecule has 2 aromatic rings. The van der Waals surface area contributed by atoms with Crippen molar-refractivity contribution >= 4 is 29.7 Å². The minimum Gasteiger partial charge on any atom is -0.481 e. The number of carbonyl (C=O) groups excluding carboxylic acids is 2. The van der Waals surface area contributed by atoms with E-state index in [0.29, 0.717) is 25.3 Å². The third kappa shape index (κ3) is 5.50. The van der Waals surface area contributed by atoms with Crippen LogP contribution < -0.4 is 5.32 Å². The van der Waals surface area contributed by atoms with Crippen LogP contribution in [0.3, 0.4) is 0 Å². The predicted molar refractivity (Wildman–Crippen MR) is 127 cm³/mol. The number of rotatable bonds is 8. The minimum atomic E-state index is -0.840. The molecular formula is C25H28N2O5S. The number of nitrogens with zero attached hydrogens (tertiary/aromatic N) is 1. The third-order valence-corrected chi connectivity index (χ3v) is 7.15. The number of likely N-dealkylation sites (tertiary alicyclic amines) is 1. The Balaban J connectivity index is 1.17. The van der Waals surface area contributed by atoms with Crippen LogP contribution in [0.5, 0.6) is 0 Å². The van der Waals surface area contributed by atoms with E-state index in [1.54, 1.807) is 4.90 Å². The Hall–Kier alpha value is -3.00. The van der Waals surface area contributed by atoms with Gasteiger partial charge >= 0.3 is 12.1 Å². The number of hydrogen-bond acceptors (Lipinski definition) is 5. The van der Waals surface area contributed by atoms with Gasteiger partial charge in [0.15, 0.2) is 0 Å². The van der Waals surface area contributed by atoms with E-state index < -0.39 is 18.0 Å². The van der Waals surface area contributed by atoms with E-state index in [9.17, 15) is 14.4 Å². The van der Waals surface area contributed by atoms with Crippen molar-refractivity contribution in [2.75, 3.05) is 37.7 Å². The normalized spacial score (nSPS) is 17.2. The summed E-state index contributed by atoms with van der Waals surface area (Å²) in [5, 5.41) is 11.9. The lowest BCUT2D eigenvalue weighted by molar-refractivity contribution is -0.145. The van der Waals surface area contributed by atoms with Gasteiger partial charge in [0.2, 0.25) is 5.91 Å². The molecule has 2 N–H and O–H groups in total. The Labute approximate surface area is 197 Å². The number of alkyl carbamates (subject to hydrolysis) is 1. The van der Waals surface area contributed by atoms with Gasteiger partial charge < -0.3 is 20.1 Å². The standard InChI is InChI=1S/C25H28N2O5S/c28-23(27-12-5-6-17(14-27)24(29)30)16-33-13-11-26-25(31)32-15-22-20-9-3-1-7-18(20)19-8-2-4-10-21(19)22/h1-4,7-10,17,22H,5-6,11-16H2,(H,26,31)(H,29,30). The van der Waals surface area contributed by atoms with Crippen LogP contribution in [0.4, 0.5) is 4.79 Å². The second kappa shape index (κ2) is 10.7. The highest BCUT2D eigenvalue weighted by molar-refractivity contribution is 7.99. The maximum absolute atomic E-state index is 12.3. The number of hydrogen-bond donors (Lipinski definition) is 2. The Kier molecular flexibility index (Phi) is 7.54. The van der Waals surface area contributed by atoms with Crippen molar-refractivity contribution in [1.29, 1.82) is 0 Å². The summed E-state index contributed by atoms with van der Waals surface area (Å²) in [5.41, 5.74) is 4.71. The topological polar surface area (TPSA) is 95.9 Å². The summed E-state index contributed by atoms with van der Waals surface area (Å²) in [6.45, 7) is 1.56. The molecule has 2 aliphatic rings. The number of carbonyl (C=O) groups is 3. The fourth-order valence-electron chi connectivity index (χ4n) is 4.53. The van der Waals surface area contributed by atoms with E-state index >= 15 is 0 Å². The molecule has 8 heteroatoms. The summed E-state index contributed by atoms with van der Waals surface area (Å²) in [6.07, 6.45) is 0.872. The second-order valence-electron chi connectivity index (χ2n) is 8.32. The highest BCUT2D eigenvalue weighted by atomic mass is 32.2. The van der Waals surface area contributed by atoms with Gasteiger partial charge in [0.05, 0.1) is 11.7 Å². The monoisotopic (exact) mass is 468 g/mol. The zero-order valence-electron chi connectivity index (χ0n) is 18.4. The average Bonchev–Trinajstić information content (AvgIpc) is 3.16. The van der Waals surface area contributed by atoms with Gasteiger partial charge in [0.25, 0.3) is 0 Å². The molecule has 174 valence electrons. The lowest BCUT2D eigenvalue weighted by Crippen LogP contribution is -2.43. The fourth-order valence-corrected chi connectivity index (χ4v) is 5.28. The molecule has 2 amide bonds. The largest absolute Gasteiger partial charge is 0.481 e. The number of nitrogens with one attached hydrogen (secondary N) is 1. The molecule has 1 saturated heterocycles. The molecule has 1 heterocycles. The van der Waals surface area contributed by atoms with E-state index in [0.717, 1.165) is 6.42 Å². The lowest BCUT2D eigenvalue weighted by atomic mass is 9.98. The van der Waals surface area contributed by atoms with Crippen molar-refractivity contribution in [2.24, 2.45) is 5.92 Å². The highest BCUT2D eigenvalue weighted by Crippen LogP contribution is 2.44. The average molecular weight is 469 g/mol. The molecular weight excluding hydrogens is 440 g/mol. The van der Waals surface area contributed by atoms with E-state index in [1.807, 2.05) is 24.3 Å². The first-order chi connectivity index (χ1) is 16.0. The predicted octanol–water partition coefficient (Wildman–Crippen LogP) is 3.58. The van der Waals surface area contributed by atoms with Crippen LogP contribution >= 0.6 is 11.8 Å². The summed E-state index contributed by atoms with van der Waals surface area (Å²) >= 11 is 1.42. The number of carboxylic acids is 1. The SMILES string of the molecule is O=C(NCCSCC(=O)N1CCCC(C(=O)O)C1)OCC1c2ccccc2-c2ccccc21. The molecule has 0 spiro atoms. The van der Waals surface area contributed by atoms with Gasteiger partial charge in [0.1, 0.15) is 6.61 Å². The van der Waals surface area contributed by atoms with Crippen molar-refractivity contribution in [3.63, 3.8) is 0 Å².